The van der Waals surface area contributed by atoms with Crippen LogP contribution in [-0.4, -0.2) is 9.55 Å². The van der Waals surface area contributed by atoms with E-state index in [4.69, 9.17) is 0 Å². The molecule has 1 aromatic rings. The first kappa shape index (κ1) is 9.09. The van der Waals surface area contributed by atoms with Crippen LogP contribution < -0.4 is 0 Å². The Morgan fingerprint density at radius 1 is 1.42 bits per heavy atom. The van der Waals surface area contributed by atoms with E-state index in [1.807, 2.05) is 36.0 Å². The predicted molar refractivity (Wildman–Crippen MR) is 44.7 cm³/mol. The van der Waals surface area contributed by atoms with Gasteiger partial charge in [-0.15, -0.1) is 5.73 Å². The normalized spacial score (nSPS) is 12.9. The van der Waals surface area contributed by atoms with Gasteiger partial charge in [-0.05, 0) is 18.6 Å². The second-order valence-corrected chi connectivity index (χ2v) is 2.52. The predicted octanol–water partition coefficient (Wildman–Crippen LogP) is 1.92. The van der Waals surface area contributed by atoms with Gasteiger partial charge in [-0.3, -0.25) is 0 Å². The van der Waals surface area contributed by atoms with E-state index in [1.165, 1.54) is 5.57 Å². The Bertz CT molecular complexity index is 368. The molecule has 0 amide bonds. The molecule has 0 spiro atoms. The number of hydrogen-bond acceptors (Lipinski definition) is 1. The van der Waals surface area contributed by atoms with Gasteiger partial charge in [0.25, 0.3) is 0 Å². The van der Waals surface area contributed by atoms with Gasteiger partial charge in [0.15, 0.2) is 0 Å². The van der Waals surface area contributed by atoms with Gasteiger partial charge in [-0.25, -0.2) is 4.98 Å². The summed E-state index contributed by atoms with van der Waals surface area (Å²) in [6.07, 6.45) is 9.54. The molecule has 0 aliphatic carbocycles. The van der Waals surface area contributed by atoms with E-state index >= 15 is 0 Å². The summed E-state index contributed by atoms with van der Waals surface area (Å²) in [5, 5.41) is 0. The van der Waals surface area contributed by atoms with Crippen molar-refractivity contribution in [3.05, 3.63) is 35.6 Å². The first-order chi connectivity index (χ1) is 5.36. The molecule has 0 bridgehead atoms. The van der Waals surface area contributed by atoms with Crippen LogP contribution in [0.2, 0.25) is 0 Å². The van der Waals surface area contributed by atoms with Gasteiger partial charge in [0.2, 0.25) is 0 Å². The van der Waals surface area contributed by atoms with Crippen LogP contribution in [0.1, 0.15) is 12.7 Å². The monoisotopic (exact) mass is 196 g/mol. The molecule has 2 nitrogen and oxygen atoms in total. The Labute approximate surface area is 82.1 Å². The molecule has 3 heteroatoms. The molecule has 2 rings (SSSR count). The van der Waals surface area contributed by atoms with Gasteiger partial charge in [-0.2, -0.15) is 0 Å². The number of hydrogen-bond donors (Lipinski definition) is 0. The molecule has 0 atom stereocenters. The summed E-state index contributed by atoms with van der Waals surface area (Å²) in [4.78, 5) is 4.13. The molecule has 12 heavy (non-hydrogen) atoms. The van der Waals surface area contributed by atoms with Crippen LogP contribution in [0, 0.1) is 0 Å². The zero-order chi connectivity index (χ0) is 7.68. The number of rotatable bonds is 0. The van der Waals surface area contributed by atoms with Crippen LogP contribution >= 0.6 is 0 Å². The third-order valence-corrected chi connectivity index (χ3v) is 1.56. The first-order valence-corrected chi connectivity index (χ1v) is 3.50. The van der Waals surface area contributed by atoms with E-state index in [9.17, 15) is 0 Å². The summed E-state index contributed by atoms with van der Waals surface area (Å²) in [6.45, 7) is 2.04. The van der Waals surface area contributed by atoms with Gasteiger partial charge >= 0.3 is 0 Å². The minimum atomic E-state index is 0. The minimum Gasteiger partial charge on any atom is -0.306 e. The fraction of sp³-hybridized carbons (Fsp3) is 0.111. The molecule has 0 fully saturated rings. The molecular weight excluding hydrogens is 188 g/mol. The van der Waals surface area contributed by atoms with Crippen LogP contribution in [0.3, 0.4) is 0 Å². The van der Waals surface area contributed by atoms with Crippen LogP contribution in [0.5, 0.6) is 0 Å². The summed E-state index contributed by atoms with van der Waals surface area (Å²) in [5.41, 5.74) is 4.22. The SMILES string of the molecule is CC1=Cn2ccnc2C=C=C1.[Cr]. The van der Waals surface area contributed by atoms with E-state index < -0.39 is 0 Å². The third kappa shape index (κ3) is 1.60. The van der Waals surface area contributed by atoms with Crippen molar-refractivity contribution in [3.8, 4) is 0 Å². The van der Waals surface area contributed by atoms with Crippen molar-refractivity contribution in [2.24, 2.45) is 0 Å². The second-order valence-electron chi connectivity index (χ2n) is 2.52. The molecule has 0 aromatic carbocycles. The summed E-state index contributed by atoms with van der Waals surface area (Å²) < 4.78 is 1.98. The molecule has 0 radical (unpaired) electrons. The van der Waals surface area contributed by atoms with E-state index in [0.717, 1.165) is 5.82 Å². The molecule has 2 heterocycles. The summed E-state index contributed by atoms with van der Waals surface area (Å²) in [5.74, 6) is 0.929. The van der Waals surface area contributed by atoms with Gasteiger partial charge in [0.05, 0.1) is 0 Å². The van der Waals surface area contributed by atoms with Gasteiger partial charge in [0, 0.05) is 42.0 Å². The molecule has 0 unspecified atom stereocenters. The quantitative estimate of drug-likeness (QED) is 0.579. The Hall–Kier alpha value is -0.998. The minimum absolute atomic E-state index is 0. The van der Waals surface area contributed by atoms with Crippen molar-refractivity contribution < 1.29 is 17.4 Å². The molecule has 0 N–H and O–H groups in total. The van der Waals surface area contributed by atoms with Crippen molar-refractivity contribution in [3.63, 3.8) is 0 Å². The molecule has 0 saturated heterocycles. The molecule has 1 aliphatic heterocycles. The zero-order valence-corrected chi connectivity index (χ0v) is 7.96. The number of fused-ring (bicyclic) bond motifs is 1. The average molecular weight is 196 g/mol. The topological polar surface area (TPSA) is 17.8 Å². The van der Waals surface area contributed by atoms with Crippen molar-refractivity contribution in [1.82, 2.24) is 9.55 Å². The largest absolute Gasteiger partial charge is 0.306 e. The number of aromatic nitrogens is 2. The van der Waals surface area contributed by atoms with E-state index in [2.05, 4.69) is 10.7 Å². The summed E-state index contributed by atoms with van der Waals surface area (Å²) in [7, 11) is 0. The van der Waals surface area contributed by atoms with Crippen molar-refractivity contribution in [2.75, 3.05) is 0 Å². The van der Waals surface area contributed by atoms with Crippen LogP contribution in [0.4, 0.5) is 0 Å². The fourth-order valence-corrected chi connectivity index (χ4v) is 1.05. The first-order valence-electron chi connectivity index (χ1n) is 3.50. The second kappa shape index (κ2) is 3.60. The van der Waals surface area contributed by atoms with Crippen molar-refractivity contribution >= 4 is 12.3 Å². The van der Waals surface area contributed by atoms with E-state index in [1.54, 1.807) is 6.20 Å². The fourth-order valence-electron chi connectivity index (χ4n) is 1.05. The molecule has 0 saturated carbocycles. The van der Waals surface area contributed by atoms with Gasteiger partial charge in [0.1, 0.15) is 5.82 Å². The Morgan fingerprint density at radius 2 is 2.25 bits per heavy atom. The molecule has 1 aromatic heterocycles. The van der Waals surface area contributed by atoms with E-state index in [0.29, 0.717) is 0 Å². The van der Waals surface area contributed by atoms with Crippen LogP contribution in [0.15, 0.2) is 29.8 Å². The Morgan fingerprint density at radius 3 is 3.08 bits per heavy atom. The third-order valence-electron chi connectivity index (χ3n) is 1.56. The van der Waals surface area contributed by atoms with Crippen molar-refractivity contribution in [1.29, 1.82) is 0 Å². The van der Waals surface area contributed by atoms with Crippen LogP contribution in [-0.2, 0) is 17.4 Å². The Kier molecular flexibility index (Phi) is 2.73. The molecule has 1 aliphatic rings. The maximum absolute atomic E-state index is 4.13. The van der Waals surface area contributed by atoms with Gasteiger partial charge in [-0.1, -0.05) is 0 Å². The summed E-state index contributed by atoms with van der Waals surface area (Å²) >= 11 is 0. The van der Waals surface area contributed by atoms with Crippen molar-refractivity contribution in [2.45, 2.75) is 6.92 Å². The van der Waals surface area contributed by atoms with Crippen LogP contribution in [0.25, 0.3) is 12.3 Å². The van der Waals surface area contributed by atoms with E-state index in [-0.39, 0.29) is 17.4 Å². The maximum atomic E-state index is 4.13. The average Bonchev–Trinajstić information content (AvgIpc) is 2.31. The standard InChI is InChI=1S/C9H8N2.Cr/c1-8-3-2-4-9-10-5-6-11(9)7-8;/h3-7H,1H3;. The maximum Gasteiger partial charge on any atom is 0.144 e. The number of imidazole rings is 1. The summed E-state index contributed by atoms with van der Waals surface area (Å²) in [6, 6.07) is 0. The van der Waals surface area contributed by atoms with Gasteiger partial charge < -0.3 is 4.57 Å². The molecular formula is C9H8CrN2. The molecule has 60 valence electrons. The number of nitrogens with zero attached hydrogens (tertiary/aromatic N) is 2. The Balaban J connectivity index is 0.000000720. The number of allylic oxidation sites excluding steroid dienone is 2. The zero-order valence-electron chi connectivity index (χ0n) is 6.69. The smallest absolute Gasteiger partial charge is 0.144 e.